The van der Waals surface area contributed by atoms with Gasteiger partial charge >= 0.3 is 23.9 Å². The predicted octanol–water partition coefficient (Wildman–Crippen LogP) is -1.06. The fourth-order valence-corrected chi connectivity index (χ4v) is 2.01. The first kappa shape index (κ1) is 34.6. The lowest BCUT2D eigenvalue weighted by molar-refractivity contribution is -0.140. The molecule has 0 aromatic carbocycles. The molecular weight excluding hydrogens is 440 g/mol. The zero-order chi connectivity index (χ0) is 26.6. The molecular formula is C19H40N6O8. The van der Waals surface area contributed by atoms with Crippen LogP contribution < -0.4 is 28.7 Å². The summed E-state index contributed by atoms with van der Waals surface area (Å²) in [6.07, 6.45) is 2.96. The van der Waals surface area contributed by atoms with Gasteiger partial charge in [-0.2, -0.15) is 0 Å². The van der Waals surface area contributed by atoms with Crippen molar-refractivity contribution in [2.45, 2.75) is 76.9 Å². The molecule has 0 aliphatic heterocycles. The Balaban J connectivity index is -0.000000416. The van der Waals surface area contributed by atoms with Crippen LogP contribution in [0, 0.1) is 5.92 Å². The molecule has 0 radical (unpaired) electrons. The maximum atomic E-state index is 10.3. The van der Waals surface area contributed by atoms with E-state index in [9.17, 15) is 19.2 Å². The number of guanidine groups is 1. The van der Waals surface area contributed by atoms with Gasteiger partial charge in [0.1, 0.15) is 18.1 Å². The average Bonchev–Trinajstić information content (AvgIpc) is 2.67. The van der Waals surface area contributed by atoms with Gasteiger partial charge in [-0.1, -0.05) is 13.8 Å². The second-order valence-electron chi connectivity index (χ2n) is 7.55. The summed E-state index contributed by atoms with van der Waals surface area (Å²) in [5.41, 5.74) is 25.8. The third-order valence-electron chi connectivity index (χ3n) is 3.80. The number of rotatable bonds is 14. The van der Waals surface area contributed by atoms with E-state index in [0.29, 0.717) is 38.1 Å². The molecule has 0 bridgehead atoms. The number of aliphatic imine (C=N–C) groups is 1. The Morgan fingerprint density at radius 3 is 1.45 bits per heavy atom. The van der Waals surface area contributed by atoms with Gasteiger partial charge in [-0.3, -0.25) is 24.2 Å². The number of hydrogen-bond acceptors (Lipinski definition) is 8. The molecule has 3 atom stereocenters. The lowest BCUT2D eigenvalue weighted by Crippen LogP contribution is -2.31. The van der Waals surface area contributed by atoms with Crippen molar-refractivity contribution in [1.82, 2.24) is 0 Å². The number of hydrogen-bond donors (Lipinski definition) is 9. The predicted molar refractivity (Wildman–Crippen MR) is 122 cm³/mol. The monoisotopic (exact) mass is 480 g/mol. The molecule has 0 heterocycles. The number of nitrogens with zero attached hydrogens (tertiary/aromatic N) is 1. The number of aliphatic carboxylic acids is 4. The molecule has 0 fully saturated rings. The van der Waals surface area contributed by atoms with Crippen LogP contribution >= 0.6 is 0 Å². The van der Waals surface area contributed by atoms with Crippen LogP contribution in [0.3, 0.4) is 0 Å². The molecule has 0 aliphatic rings. The Hall–Kier alpha value is -2.97. The first-order chi connectivity index (χ1) is 15.1. The SMILES string of the molecule is CC(C)C[C@H](N)C(=O)O.NC(CCCC(=O)O)C(=O)O.NC(N)=NCCCC[C@H](N)C(=O)O. The van der Waals surface area contributed by atoms with Gasteiger partial charge in [-0.25, -0.2) is 0 Å². The van der Waals surface area contributed by atoms with Crippen LogP contribution in [0.15, 0.2) is 4.99 Å². The maximum absolute atomic E-state index is 10.3. The number of carboxylic acids is 4. The Labute approximate surface area is 193 Å². The van der Waals surface area contributed by atoms with Crippen LogP contribution in [-0.2, 0) is 19.2 Å². The summed E-state index contributed by atoms with van der Waals surface area (Å²) in [5.74, 6) is -3.48. The second-order valence-corrected chi connectivity index (χ2v) is 7.55. The van der Waals surface area contributed by atoms with E-state index in [1.54, 1.807) is 0 Å². The third-order valence-corrected chi connectivity index (χ3v) is 3.80. The van der Waals surface area contributed by atoms with E-state index in [-0.39, 0.29) is 18.8 Å². The summed E-state index contributed by atoms with van der Waals surface area (Å²) < 4.78 is 0. The molecule has 0 saturated heterocycles. The lowest BCUT2D eigenvalue weighted by atomic mass is 10.1. The lowest BCUT2D eigenvalue weighted by Gasteiger charge is -2.07. The summed E-state index contributed by atoms with van der Waals surface area (Å²) in [6, 6.07) is -2.40. The van der Waals surface area contributed by atoms with Crippen LogP contribution in [0.1, 0.15) is 58.8 Å². The van der Waals surface area contributed by atoms with Crippen molar-refractivity contribution in [2.75, 3.05) is 6.54 Å². The Kier molecular flexibility index (Phi) is 21.9. The van der Waals surface area contributed by atoms with Crippen molar-refractivity contribution in [1.29, 1.82) is 0 Å². The van der Waals surface area contributed by atoms with Crippen LogP contribution in [0.5, 0.6) is 0 Å². The third kappa shape index (κ3) is 29.0. The Bertz CT molecular complexity index is 611. The number of carbonyl (C=O) groups is 4. The highest BCUT2D eigenvalue weighted by Gasteiger charge is 2.12. The molecule has 14 N–H and O–H groups in total. The smallest absolute Gasteiger partial charge is 0.320 e. The van der Waals surface area contributed by atoms with E-state index in [4.69, 9.17) is 49.1 Å². The summed E-state index contributed by atoms with van der Waals surface area (Å²) >= 11 is 0. The first-order valence-corrected chi connectivity index (χ1v) is 10.3. The minimum atomic E-state index is -1.09. The Morgan fingerprint density at radius 1 is 0.727 bits per heavy atom. The van der Waals surface area contributed by atoms with Gasteiger partial charge in [-0.15, -0.1) is 0 Å². The standard InChI is InChI=1S/C7H16N4O2.C6H11NO4.C6H13NO2/c8-5(6(12)13)3-1-2-4-11-7(9)10;7-4(6(10)11)2-1-3-5(8)9;1-4(2)3-5(7)6(8)9/h5H,1-4,8H2,(H,12,13)(H4,9,10,11);4H,1-3,7H2,(H,8,9)(H,10,11);4-5H,3,7H2,1-2H3,(H,8,9)/t5-;;5-/m0.0/s1. The average molecular weight is 481 g/mol. The highest BCUT2D eigenvalue weighted by molar-refractivity contribution is 5.75. The van der Waals surface area contributed by atoms with Crippen molar-refractivity contribution in [3.05, 3.63) is 0 Å². The van der Waals surface area contributed by atoms with E-state index in [0.717, 1.165) is 6.42 Å². The minimum absolute atomic E-state index is 0.0268. The summed E-state index contributed by atoms with van der Waals surface area (Å²) in [6.45, 7) is 4.42. The highest BCUT2D eigenvalue weighted by Crippen LogP contribution is 2.02. The van der Waals surface area contributed by atoms with Crippen LogP contribution in [-0.4, -0.2) is 74.9 Å². The first-order valence-electron chi connectivity index (χ1n) is 10.3. The summed E-state index contributed by atoms with van der Waals surface area (Å²) in [4.78, 5) is 44.2. The molecule has 14 nitrogen and oxygen atoms in total. The molecule has 0 amide bonds. The quantitative estimate of drug-likeness (QED) is 0.0814. The summed E-state index contributed by atoms with van der Waals surface area (Å²) in [5, 5.41) is 33.2. The Morgan fingerprint density at radius 2 is 1.15 bits per heavy atom. The second kappa shape index (κ2) is 20.9. The topological polar surface area (TPSA) is 292 Å². The van der Waals surface area contributed by atoms with Gasteiger partial charge in [0.05, 0.1) is 0 Å². The molecule has 33 heavy (non-hydrogen) atoms. The van der Waals surface area contributed by atoms with Crippen LogP contribution in [0.4, 0.5) is 0 Å². The largest absolute Gasteiger partial charge is 0.481 e. The van der Waals surface area contributed by atoms with Crippen molar-refractivity contribution in [2.24, 2.45) is 39.6 Å². The number of carboxylic acid groups (broad SMARTS) is 4. The number of nitrogens with two attached hydrogens (primary N) is 5. The molecule has 0 aliphatic carbocycles. The molecule has 0 saturated carbocycles. The van der Waals surface area contributed by atoms with Crippen molar-refractivity contribution in [3.8, 4) is 0 Å². The van der Waals surface area contributed by atoms with Gasteiger partial charge < -0.3 is 49.1 Å². The zero-order valence-electron chi connectivity index (χ0n) is 19.2. The van der Waals surface area contributed by atoms with E-state index >= 15 is 0 Å². The van der Waals surface area contributed by atoms with Crippen molar-refractivity contribution >= 4 is 29.8 Å². The van der Waals surface area contributed by atoms with Crippen LogP contribution in [0.2, 0.25) is 0 Å². The molecule has 0 aromatic heterocycles. The fourth-order valence-electron chi connectivity index (χ4n) is 2.01. The van der Waals surface area contributed by atoms with Gasteiger partial charge in [0.2, 0.25) is 0 Å². The van der Waals surface area contributed by atoms with Crippen molar-refractivity contribution < 1.29 is 39.6 Å². The van der Waals surface area contributed by atoms with Gasteiger partial charge in [0.25, 0.3) is 0 Å². The maximum Gasteiger partial charge on any atom is 0.320 e. The van der Waals surface area contributed by atoms with E-state index in [2.05, 4.69) is 4.99 Å². The molecule has 0 rings (SSSR count). The molecule has 0 aromatic rings. The minimum Gasteiger partial charge on any atom is -0.481 e. The van der Waals surface area contributed by atoms with Gasteiger partial charge in [0, 0.05) is 13.0 Å². The van der Waals surface area contributed by atoms with E-state index in [1.165, 1.54) is 0 Å². The molecule has 14 heteroatoms. The van der Waals surface area contributed by atoms with Gasteiger partial charge in [0.15, 0.2) is 5.96 Å². The molecule has 194 valence electrons. The van der Waals surface area contributed by atoms with E-state index < -0.39 is 42.0 Å². The summed E-state index contributed by atoms with van der Waals surface area (Å²) in [7, 11) is 0. The fraction of sp³-hybridized carbons (Fsp3) is 0.737. The highest BCUT2D eigenvalue weighted by atomic mass is 16.4. The molecule has 1 unspecified atom stereocenters. The van der Waals surface area contributed by atoms with Crippen LogP contribution in [0.25, 0.3) is 0 Å². The van der Waals surface area contributed by atoms with Crippen molar-refractivity contribution in [3.63, 3.8) is 0 Å². The normalized spacial score (nSPS) is 12.7. The van der Waals surface area contributed by atoms with Gasteiger partial charge in [-0.05, 0) is 44.4 Å². The number of unbranched alkanes of at least 4 members (excludes halogenated alkanes) is 1. The molecule has 0 spiro atoms. The zero-order valence-corrected chi connectivity index (χ0v) is 19.2. The van der Waals surface area contributed by atoms with E-state index in [1.807, 2.05) is 13.8 Å².